The molecule has 7 nitrogen and oxygen atoms in total. The van der Waals surface area contributed by atoms with Crippen molar-refractivity contribution < 1.29 is 14.1 Å². The summed E-state index contributed by atoms with van der Waals surface area (Å²) in [6.45, 7) is 2.42. The van der Waals surface area contributed by atoms with Gasteiger partial charge in [0, 0.05) is 30.2 Å². The number of furan rings is 1. The van der Waals surface area contributed by atoms with Gasteiger partial charge < -0.3 is 14.6 Å². The quantitative estimate of drug-likeness (QED) is 0.433. The van der Waals surface area contributed by atoms with Gasteiger partial charge in [0.25, 0.3) is 11.6 Å². The van der Waals surface area contributed by atoms with Crippen LogP contribution in [0, 0.1) is 17.0 Å². The number of aryl methyl sites for hydroxylation is 1. The number of hydrogen-bond donors (Lipinski definition) is 1. The van der Waals surface area contributed by atoms with Crippen LogP contribution in [0.15, 0.2) is 59.0 Å². The summed E-state index contributed by atoms with van der Waals surface area (Å²) in [4.78, 5) is 25.2. The molecule has 0 bridgehead atoms. The zero-order valence-corrected chi connectivity index (χ0v) is 16.8. The number of nitrogens with zero attached hydrogens (tertiary/aromatic N) is 2. The summed E-state index contributed by atoms with van der Waals surface area (Å²) >= 11 is 6.13. The van der Waals surface area contributed by atoms with Crippen molar-refractivity contribution >= 4 is 28.9 Å². The largest absolute Gasteiger partial charge is 0.464 e. The van der Waals surface area contributed by atoms with Crippen molar-refractivity contribution in [2.24, 2.45) is 0 Å². The van der Waals surface area contributed by atoms with Gasteiger partial charge in [-0.05, 0) is 42.8 Å². The highest BCUT2D eigenvalue weighted by molar-refractivity contribution is 6.31. The van der Waals surface area contributed by atoms with E-state index in [1.807, 2.05) is 31.2 Å². The van der Waals surface area contributed by atoms with E-state index in [0.29, 0.717) is 23.0 Å². The summed E-state index contributed by atoms with van der Waals surface area (Å²) in [5, 5.41) is 15.1. The average molecular weight is 414 g/mol. The van der Waals surface area contributed by atoms with Gasteiger partial charge in [-0.2, -0.15) is 0 Å². The summed E-state index contributed by atoms with van der Waals surface area (Å²) in [6, 6.07) is 15.2. The Labute approximate surface area is 173 Å². The molecule has 1 aromatic heterocycles. The van der Waals surface area contributed by atoms with Crippen LogP contribution in [-0.4, -0.2) is 22.8 Å². The van der Waals surface area contributed by atoms with Crippen molar-refractivity contribution in [3.8, 4) is 0 Å². The second kappa shape index (κ2) is 8.79. The van der Waals surface area contributed by atoms with Gasteiger partial charge >= 0.3 is 0 Å². The molecule has 3 rings (SSSR count). The minimum atomic E-state index is -0.512. The van der Waals surface area contributed by atoms with Crippen LogP contribution in [0.5, 0.6) is 0 Å². The fourth-order valence-corrected chi connectivity index (χ4v) is 3.10. The van der Waals surface area contributed by atoms with Gasteiger partial charge in [0.1, 0.15) is 17.2 Å². The van der Waals surface area contributed by atoms with Crippen LogP contribution >= 0.6 is 11.6 Å². The second-order valence-corrected chi connectivity index (χ2v) is 7.01. The van der Waals surface area contributed by atoms with Crippen LogP contribution in [0.2, 0.25) is 5.02 Å². The molecular formula is C21H20ClN3O4. The third-order valence-electron chi connectivity index (χ3n) is 4.40. The molecule has 0 aliphatic carbocycles. The van der Waals surface area contributed by atoms with Gasteiger partial charge in [0.05, 0.1) is 11.5 Å². The molecule has 0 atom stereocenters. The number of nitrogens with one attached hydrogen (secondary N) is 1. The Morgan fingerprint density at radius 1 is 1.21 bits per heavy atom. The fraction of sp³-hybridized carbons (Fsp3) is 0.190. The predicted octanol–water partition coefficient (Wildman–Crippen LogP) is 5.03. The first-order chi connectivity index (χ1) is 13.8. The number of anilines is 1. The summed E-state index contributed by atoms with van der Waals surface area (Å²) < 4.78 is 5.48. The lowest BCUT2D eigenvalue weighted by Crippen LogP contribution is -2.26. The van der Waals surface area contributed by atoms with Crippen LogP contribution < -0.4 is 5.32 Å². The SMILES string of the molecule is Cc1ccc(CN(C)C(=O)c2ccc(NCc3ccccc3Cl)c([N+](=O)[O-])c2)o1. The molecule has 0 fully saturated rings. The molecule has 1 N–H and O–H groups in total. The lowest BCUT2D eigenvalue weighted by molar-refractivity contribution is -0.384. The topological polar surface area (TPSA) is 88.6 Å². The lowest BCUT2D eigenvalue weighted by atomic mass is 10.1. The van der Waals surface area contributed by atoms with E-state index in [1.54, 1.807) is 25.2 Å². The summed E-state index contributed by atoms with van der Waals surface area (Å²) in [5.41, 5.74) is 1.18. The highest BCUT2D eigenvalue weighted by atomic mass is 35.5. The molecule has 29 heavy (non-hydrogen) atoms. The number of carbonyl (C=O) groups excluding carboxylic acids is 1. The summed E-state index contributed by atoms with van der Waals surface area (Å²) in [6.07, 6.45) is 0. The first-order valence-corrected chi connectivity index (χ1v) is 9.29. The van der Waals surface area contributed by atoms with E-state index >= 15 is 0 Å². The molecule has 0 unspecified atom stereocenters. The molecule has 0 aliphatic rings. The minimum absolute atomic E-state index is 0.176. The van der Waals surface area contributed by atoms with Crippen LogP contribution in [0.25, 0.3) is 0 Å². The molecule has 0 saturated heterocycles. The number of amides is 1. The average Bonchev–Trinajstić information content (AvgIpc) is 3.11. The van der Waals surface area contributed by atoms with Gasteiger partial charge in [-0.25, -0.2) is 0 Å². The Balaban J connectivity index is 1.77. The number of nitro groups is 1. The fourth-order valence-electron chi connectivity index (χ4n) is 2.89. The van der Waals surface area contributed by atoms with Crippen molar-refractivity contribution in [3.05, 3.63) is 92.4 Å². The number of benzene rings is 2. The van der Waals surface area contributed by atoms with Crippen LogP contribution in [0.1, 0.15) is 27.4 Å². The van der Waals surface area contributed by atoms with E-state index in [1.165, 1.54) is 17.0 Å². The van der Waals surface area contributed by atoms with Crippen molar-refractivity contribution in [2.45, 2.75) is 20.0 Å². The molecule has 0 saturated carbocycles. The zero-order chi connectivity index (χ0) is 21.0. The Morgan fingerprint density at radius 3 is 2.62 bits per heavy atom. The lowest BCUT2D eigenvalue weighted by Gasteiger charge is -2.16. The van der Waals surface area contributed by atoms with E-state index in [0.717, 1.165) is 11.3 Å². The number of nitro benzene ring substituents is 1. The monoisotopic (exact) mass is 413 g/mol. The maximum absolute atomic E-state index is 12.7. The van der Waals surface area contributed by atoms with Crippen molar-refractivity contribution in [2.75, 3.05) is 12.4 Å². The Hall–Kier alpha value is -3.32. The predicted molar refractivity (Wildman–Crippen MR) is 111 cm³/mol. The Morgan fingerprint density at radius 2 is 1.97 bits per heavy atom. The number of halogens is 1. The van der Waals surface area contributed by atoms with E-state index in [9.17, 15) is 14.9 Å². The van der Waals surface area contributed by atoms with Gasteiger partial charge in [-0.3, -0.25) is 14.9 Å². The normalized spacial score (nSPS) is 10.6. The van der Waals surface area contributed by atoms with Gasteiger partial charge in [0.2, 0.25) is 0 Å². The zero-order valence-electron chi connectivity index (χ0n) is 16.0. The Bertz CT molecular complexity index is 1050. The highest BCUT2D eigenvalue weighted by Crippen LogP contribution is 2.27. The molecular weight excluding hydrogens is 394 g/mol. The number of hydrogen-bond acceptors (Lipinski definition) is 5. The van der Waals surface area contributed by atoms with Crippen molar-refractivity contribution in [3.63, 3.8) is 0 Å². The van der Waals surface area contributed by atoms with Crippen LogP contribution in [-0.2, 0) is 13.1 Å². The smallest absolute Gasteiger partial charge is 0.293 e. The van der Waals surface area contributed by atoms with Crippen molar-refractivity contribution in [1.29, 1.82) is 0 Å². The third kappa shape index (κ3) is 4.94. The molecule has 1 heterocycles. The summed E-state index contributed by atoms with van der Waals surface area (Å²) in [5.74, 6) is 1.07. The molecule has 1 amide bonds. The second-order valence-electron chi connectivity index (χ2n) is 6.61. The minimum Gasteiger partial charge on any atom is -0.464 e. The molecule has 0 spiro atoms. The highest BCUT2D eigenvalue weighted by Gasteiger charge is 2.20. The first-order valence-electron chi connectivity index (χ1n) is 8.91. The van der Waals surface area contributed by atoms with Crippen LogP contribution in [0.4, 0.5) is 11.4 Å². The standard InChI is InChI=1S/C21H20ClN3O4/c1-14-7-9-17(29-14)13-24(2)21(26)15-8-10-19(20(11-15)25(27)28)23-12-16-5-3-4-6-18(16)22/h3-11,23H,12-13H2,1-2H3. The Kier molecular flexibility index (Phi) is 6.19. The van der Waals surface area contributed by atoms with Crippen LogP contribution in [0.3, 0.4) is 0 Å². The third-order valence-corrected chi connectivity index (χ3v) is 4.77. The number of rotatable bonds is 7. The number of carbonyl (C=O) groups is 1. The van der Waals surface area contributed by atoms with Crippen molar-refractivity contribution in [1.82, 2.24) is 4.90 Å². The molecule has 3 aromatic rings. The maximum atomic E-state index is 12.7. The molecule has 2 aromatic carbocycles. The summed E-state index contributed by atoms with van der Waals surface area (Å²) in [7, 11) is 1.62. The van der Waals surface area contributed by atoms with Gasteiger partial charge in [-0.1, -0.05) is 29.8 Å². The van der Waals surface area contributed by atoms with E-state index in [-0.39, 0.29) is 23.7 Å². The molecule has 0 radical (unpaired) electrons. The van der Waals surface area contributed by atoms with E-state index in [4.69, 9.17) is 16.0 Å². The van der Waals surface area contributed by atoms with E-state index in [2.05, 4.69) is 5.32 Å². The molecule has 150 valence electrons. The molecule has 0 aliphatic heterocycles. The van der Waals surface area contributed by atoms with E-state index < -0.39 is 4.92 Å². The van der Waals surface area contributed by atoms with Gasteiger partial charge in [0.15, 0.2) is 0 Å². The van der Waals surface area contributed by atoms with Gasteiger partial charge in [-0.15, -0.1) is 0 Å². The molecule has 8 heteroatoms. The first kappa shape index (κ1) is 20.4. The maximum Gasteiger partial charge on any atom is 0.293 e.